The van der Waals surface area contributed by atoms with E-state index in [1.807, 2.05) is 31.2 Å². The van der Waals surface area contributed by atoms with Crippen LogP contribution in [0.5, 0.6) is 0 Å². The first-order valence-corrected chi connectivity index (χ1v) is 7.09. The number of nitrogens with zero attached hydrogens (tertiary/aromatic N) is 4. The molecular weight excluding hydrogens is 292 g/mol. The lowest BCUT2D eigenvalue weighted by Crippen LogP contribution is -2.00. The maximum atomic E-state index is 11.2. The second-order valence-electron chi connectivity index (χ2n) is 5.28. The van der Waals surface area contributed by atoms with Gasteiger partial charge in [-0.2, -0.15) is 9.61 Å². The van der Waals surface area contributed by atoms with E-state index < -0.39 is 5.97 Å². The number of hydrogen-bond donors (Lipinski definition) is 1. The van der Waals surface area contributed by atoms with Gasteiger partial charge in [-0.3, -0.25) is 0 Å². The van der Waals surface area contributed by atoms with Crippen molar-refractivity contribution in [1.82, 2.24) is 19.8 Å². The fraction of sp³-hybridized carbons (Fsp3) is 0.0588. The van der Waals surface area contributed by atoms with E-state index in [4.69, 9.17) is 5.11 Å². The molecule has 0 aliphatic carbocycles. The van der Waals surface area contributed by atoms with Crippen LogP contribution in [-0.2, 0) is 0 Å². The highest BCUT2D eigenvalue weighted by atomic mass is 16.4. The standard InChI is InChI=1S/C17H12N4O2/c1-10-13-7-2-3-8-14(13)16-19-18-15(21(16)20-10)11-5-4-6-12(9-11)17(22)23/h2-9H,1H3,(H,22,23). The van der Waals surface area contributed by atoms with Crippen molar-refractivity contribution in [2.75, 3.05) is 0 Å². The molecule has 0 bridgehead atoms. The first-order valence-electron chi connectivity index (χ1n) is 7.09. The zero-order valence-corrected chi connectivity index (χ0v) is 12.3. The normalized spacial score (nSPS) is 11.2. The molecule has 0 aliphatic rings. The van der Waals surface area contributed by atoms with Gasteiger partial charge < -0.3 is 5.11 Å². The van der Waals surface area contributed by atoms with Gasteiger partial charge in [0.05, 0.1) is 11.3 Å². The van der Waals surface area contributed by atoms with Crippen LogP contribution in [0.2, 0.25) is 0 Å². The average Bonchev–Trinajstić information content (AvgIpc) is 2.99. The van der Waals surface area contributed by atoms with Gasteiger partial charge in [0.1, 0.15) is 0 Å². The van der Waals surface area contributed by atoms with E-state index in [9.17, 15) is 4.79 Å². The fourth-order valence-corrected chi connectivity index (χ4v) is 2.71. The molecule has 4 aromatic rings. The van der Waals surface area contributed by atoms with Gasteiger partial charge in [-0.15, -0.1) is 10.2 Å². The molecule has 4 rings (SSSR count). The van der Waals surface area contributed by atoms with E-state index in [1.165, 1.54) is 0 Å². The van der Waals surface area contributed by atoms with Crippen molar-refractivity contribution < 1.29 is 9.90 Å². The highest BCUT2D eigenvalue weighted by molar-refractivity contribution is 5.95. The third kappa shape index (κ3) is 2.03. The van der Waals surface area contributed by atoms with E-state index in [0.29, 0.717) is 17.0 Å². The molecule has 0 spiro atoms. The summed E-state index contributed by atoms with van der Waals surface area (Å²) >= 11 is 0. The highest BCUT2D eigenvalue weighted by Gasteiger charge is 2.14. The number of rotatable bonds is 2. The summed E-state index contributed by atoms with van der Waals surface area (Å²) in [6, 6.07) is 14.5. The fourth-order valence-electron chi connectivity index (χ4n) is 2.71. The predicted octanol–water partition coefficient (Wildman–Crippen LogP) is 2.95. The number of carboxylic acid groups (broad SMARTS) is 1. The Hall–Kier alpha value is -3.28. The van der Waals surface area contributed by atoms with Crippen molar-refractivity contribution in [3.05, 3.63) is 59.8 Å². The number of fused-ring (bicyclic) bond motifs is 3. The molecule has 23 heavy (non-hydrogen) atoms. The minimum atomic E-state index is -0.977. The molecule has 0 radical (unpaired) electrons. The quantitative estimate of drug-likeness (QED) is 0.616. The second-order valence-corrected chi connectivity index (χ2v) is 5.28. The molecule has 2 aromatic heterocycles. The monoisotopic (exact) mass is 304 g/mol. The lowest BCUT2D eigenvalue weighted by molar-refractivity contribution is 0.0697. The summed E-state index contributed by atoms with van der Waals surface area (Å²) in [5.74, 6) is -0.452. The van der Waals surface area contributed by atoms with Crippen molar-refractivity contribution >= 4 is 22.4 Å². The number of aryl methyl sites for hydroxylation is 1. The van der Waals surface area contributed by atoms with Crippen molar-refractivity contribution in [2.45, 2.75) is 6.92 Å². The van der Waals surface area contributed by atoms with Crippen molar-refractivity contribution in [1.29, 1.82) is 0 Å². The Morgan fingerprint density at radius 1 is 1.04 bits per heavy atom. The molecule has 0 fully saturated rings. The van der Waals surface area contributed by atoms with Crippen LogP contribution in [0.4, 0.5) is 0 Å². The zero-order valence-electron chi connectivity index (χ0n) is 12.3. The first-order chi connectivity index (χ1) is 11.1. The largest absolute Gasteiger partial charge is 0.478 e. The minimum absolute atomic E-state index is 0.205. The van der Waals surface area contributed by atoms with Crippen LogP contribution in [0.1, 0.15) is 16.1 Å². The summed E-state index contributed by atoms with van der Waals surface area (Å²) in [5.41, 5.74) is 2.39. The van der Waals surface area contributed by atoms with Gasteiger partial charge in [-0.25, -0.2) is 4.79 Å². The van der Waals surface area contributed by atoms with Gasteiger partial charge in [0.2, 0.25) is 0 Å². The van der Waals surface area contributed by atoms with E-state index in [-0.39, 0.29) is 5.56 Å². The van der Waals surface area contributed by atoms with Gasteiger partial charge in [0.25, 0.3) is 0 Å². The summed E-state index contributed by atoms with van der Waals surface area (Å²) in [6.07, 6.45) is 0. The van der Waals surface area contributed by atoms with Crippen molar-refractivity contribution in [3.8, 4) is 11.4 Å². The molecule has 2 aromatic carbocycles. The number of hydrogen-bond acceptors (Lipinski definition) is 4. The van der Waals surface area contributed by atoms with Gasteiger partial charge in [0.15, 0.2) is 11.5 Å². The molecule has 0 atom stereocenters. The van der Waals surface area contributed by atoms with E-state index in [2.05, 4.69) is 15.3 Å². The van der Waals surface area contributed by atoms with Crippen molar-refractivity contribution in [2.24, 2.45) is 0 Å². The van der Waals surface area contributed by atoms with Gasteiger partial charge in [0, 0.05) is 16.3 Å². The second kappa shape index (κ2) is 4.88. The van der Waals surface area contributed by atoms with Crippen LogP contribution >= 0.6 is 0 Å². The predicted molar refractivity (Wildman–Crippen MR) is 85.4 cm³/mol. The molecule has 112 valence electrons. The molecule has 0 unspecified atom stereocenters. The number of aromatic nitrogens is 4. The average molecular weight is 304 g/mol. The van der Waals surface area contributed by atoms with Crippen LogP contribution in [0.25, 0.3) is 27.8 Å². The van der Waals surface area contributed by atoms with Crippen LogP contribution in [0.3, 0.4) is 0 Å². The summed E-state index contributed by atoms with van der Waals surface area (Å²) < 4.78 is 1.67. The number of carboxylic acids is 1. The molecule has 0 saturated heterocycles. The lowest BCUT2D eigenvalue weighted by Gasteiger charge is -2.05. The molecule has 6 nitrogen and oxygen atoms in total. The van der Waals surface area contributed by atoms with Gasteiger partial charge >= 0.3 is 5.97 Å². The Labute approximate surface area is 131 Å². The third-order valence-corrected chi connectivity index (χ3v) is 3.82. The molecule has 0 aliphatic heterocycles. The molecule has 0 saturated carbocycles. The minimum Gasteiger partial charge on any atom is -0.478 e. The number of benzene rings is 2. The highest BCUT2D eigenvalue weighted by Crippen LogP contribution is 2.25. The SMILES string of the molecule is Cc1nn2c(-c3cccc(C(=O)O)c3)nnc2c2ccccc12. The number of aromatic carboxylic acids is 1. The Balaban J connectivity index is 2.02. The Morgan fingerprint density at radius 2 is 1.83 bits per heavy atom. The lowest BCUT2D eigenvalue weighted by atomic mass is 10.1. The molecular formula is C17H12N4O2. The van der Waals surface area contributed by atoms with E-state index in [1.54, 1.807) is 28.8 Å². The molecule has 0 amide bonds. The number of carbonyl (C=O) groups is 1. The Kier molecular flexibility index (Phi) is 2.84. The maximum absolute atomic E-state index is 11.2. The van der Waals surface area contributed by atoms with Crippen LogP contribution in [0, 0.1) is 6.92 Å². The van der Waals surface area contributed by atoms with Crippen LogP contribution in [0.15, 0.2) is 48.5 Å². The van der Waals surface area contributed by atoms with Gasteiger partial charge in [-0.05, 0) is 19.1 Å². The Morgan fingerprint density at radius 3 is 2.61 bits per heavy atom. The summed E-state index contributed by atoms with van der Waals surface area (Å²) in [5, 5.41) is 24.2. The summed E-state index contributed by atoms with van der Waals surface area (Å²) in [4.78, 5) is 11.2. The van der Waals surface area contributed by atoms with Crippen molar-refractivity contribution in [3.63, 3.8) is 0 Å². The molecule has 2 heterocycles. The smallest absolute Gasteiger partial charge is 0.335 e. The Bertz CT molecular complexity index is 1070. The zero-order chi connectivity index (χ0) is 16.0. The van der Waals surface area contributed by atoms with E-state index >= 15 is 0 Å². The van der Waals surface area contributed by atoms with Crippen LogP contribution < -0.4 is 0 Å². The molecule has 1 N–H and O–H groups in total. The maximum Gasteiger partial charge on any atom is 0.335 e. The topological polar surface area (TPSA) is 80.4 Å². The van der Waals surface area contributed by atoms with Gasteiger partial charge in [-0.1, -0.05) is 36.4 Å². The molecule has 6 heteroatoms. The van der Waals surface area contributed by atoms with E-state index in [0.717, 1.165) is 16.5 Å². The summed E-state index contributed by atoms with van der Waals surface area (Å²) in [6.45, 7) is 1.93. The van der Waals surface area contributed by atoms with Crippen LogP contribution in [-0.4, -0.2) is 30.9 Å². The summed E-state index contributed by atoms with van der Waals surface area (Å²) in [7, 11) is 0. The third-order valence-electron chi connectivity index (χ3n) is 3.82. The first kappa shape index (κ1) is 13.4.